The quantitative estimate of drug-likeness (QED) is 0.518. The summed E-state index contributed by atoms with van der Waals surface area (Å²) in [6, 6.07) is 11.1. The number of benzene rings is 2. The SMILES string of the molecule is CCC(C(=O)NC(C)(C)C)N(Cc1c(Cl)cccc1Cl)C(=O)COc1ccc(Cl)cc1. The van der Waals surface area contributed by atoms with Gasteiger partial charge in [0.05, 0.1) is 0 Å². The van der Waals surface area contributed by atoms with Crippen LogP contribution >= 0.6 is 34.8 Å². The summed E-state index contributed by atoms with van der Waals surface area (Å²) in [5, 5.41) is 4.37. The number of nitrogens with one attached hydrogen (secondary N) is 1. The van der Waals surface area contributed by atoms with Crippen molar-refractivity contribution in [2.75, 3.05) is 6.61 Å². The van der Waals surface area contributed by atoms with E-state index in [0.717, 1.165) is 0 Å². The minimum absolute atomic E-state index is 0.0807. The number of halogens is 3. The molecule has 0 aliphatic rings. The van der Waals surface area contributed by atoms with Gasteiger partial charge in [0, 0.05) is 32.7 Å². The smallest absolute Gasteiger partial charge is 0.261 e. The number of hydrogen-bond donors (Lipinski definition) is 1. The van der Waals surface area contributed by atoms with E-state index in [4.69, 9.17) is 39.5 Å². The van der Waals surface area contributed by atoms with Gasteiger partial charge in [-0.15, -0.1) is 0 Å². The van der Waals surface area contributed by atoms with Crippen molar-refractivity contribution >= 4 is 46.6 Å². The van der Waals surface area contributed by atoms with Crippen LogP contribution in [0.3, 0.4) is 0 Å². The average molecular weight is 486 g/mol. The van der Waals surface area contributed by atoms with Crippen LogP contribution in [0.4, 0.5) is 0 Å². The molecule has 0 fully saturated rings. The molecular weight excluding hydrogens is 459 g/mol. The first-order valence-electron chi connectivity index (χ1n) is 9.94. The minimum atomic E-state index is -0.715. The molecule has 8 heteroatoms. The molecule has 1 N–H and O–H groups in total. The monoisotopic (exact) mass is 484 g/mol. The van der Waals surface area contributed by atoms with Crippen molar-refractivity contribution in [3.8, 4) is 5.75 Å². The third kappa shape index (κ3) is 7.60. The number of carbonyl (C=O) groups excluding carboxylic acids is 2. The molecule has 2 rings (SSSR count). The van der Waals surface area contributed by atoms with E-state index in [0.29, 0.717) is 32.8 Å². The van der Waals surface area contributed by atoms with Crippen molar-refractivity contribution in [2.45, 2.75) is 52.2 Å². The lowest BCUT2D eigenvalue weighted by Gasteiger charge is -2.33. The van der Waals surface area contributed by atoms with Crippen LogP contribution in [0.1, 0.15) is 39.7 Å². The van der Waals surface area contributed by atoms with Gasteiger partial charge in [-0.3, -0.25) is 9.59 Å². The highest BCUT2D eigenvalue weighted by Gasteiger charge is 2.31. The maximum absolute atomic E-state index is 13.2. The summed E-state index contributed by atoms with van der Waals surface area (Å²) in [7, 11) is 0. The summed E-state index contributed by atoms with van der Waals surface area (Å²) in [4.78, 5) is 27.6. The summed E-state index contributed by atoms with van der Waals surface area (Å²) >= 11 is 18.6. The summed E-state index contributed by atoms with van der Waals surface area (Å²) in [6.45, 7) is 7.34. The number of nitrogens with zero attached hydrogens (tertiary/aromatic N) is 1. The number of hydrogen-bond acceptors (Lipinski definition) is 3. The predicted molar refractivity (Wildman–Crippen MR) is 126 cm³/mol. The van der Waals surface area contributed by atoms with Crippen molar-refractivity contribution in [3.63, 3.8) is 0 Å². The van der Waals surface area contributed by atoms with Crippen LogP contribution in [-0.2, 0) is 16.1 Å². The number of rotatable bonds is 8. The molecule has 5 nitrogen and oxygen atoms in total. The molecule has 0 bridgehead atoms. The van der Waals surface area contributed by atoms with E-state index in [1.807, 2.05) is 27.7 Å². The largest absolute Gasteiger partial charge is 0.484 e. The Hall–Kier alpha value is -1.95. The molecule has 168 valence electrons. The number of amides is 2. The van der Waals surface area contributed by atoms with E-state index in [2.05, 4.69) is 5.32 Å². The molecule has 0 saturated carbocycles. The Labute approximate surface area is 198 Å². The van der Waals surface area contributed by atoms with Gasteiger partial charge in [0.25, 0.3) is 5.91 Å². The zero-order chi connectivity index (χ0) is 23.2. The zero-order valence-corrected chi connectivity index (χ0v) is 20.3. The molecule has 31 heavy (non-hydrogen) atoms. The van der Waals surface area contributed by atoms with Crippen LogP contribution in [0, 0.1) is 0 Å². The standard InChI is InChI=1S/C23H27Cl3N2O3/c1-5-20(22(30)27-23(2,3)4)28(13-17-18(25)7-6-8-19(17)26)21(29)14-31-16-11-9-15(24)10-12-16/h6-12,20H,5,13-14H2,1-4H3,(H,27,30). The van der Waals surface area contributed by atoms with E-state index < -0.39 is 11.6 Å². The van der Waals surface area contributed by atoms with Gasteiger partial charge in [0.1, 0.15) is 11.8 Å². The van der Waals surface area contributed by atoms with Gasteiger partial charge in [-0.2, -0.15) is 0 Å². The van der Waals surface area contributed by atoms with Gasteiger partial charge < -0.3 is 15.0 Å². The Morgan fingerprint density at radius 3 is 2.13 bits per heavy atom. The van der Waals surface area contributed by atoms with Crippen molar-refractivity contribution < 1.29 is 14.3 Å². The van der Waals surface area contributed by atoms with Crippen molar-refractivity contribution in [2.24, 2.45) is 0 Å². The maximum Gasteiger partial charge on any atom is 0.261 e. The van der Waals surface area contributed by atoms with Crippen LogP contribution in [0.5, 0.6) is 5.75 Å². The summed E-state index contributed by atoms with van der Waals surface area (Å²) in [5.41, 5.74) is 0.133. The van der Waals surface area contributed by atoms with Gasteiger partial charge in [0.15, 0.2) is 6.61 Å². The lowest BCUT2D eigenvalue weighted by atomic mass is 10.1. The molecule has 0 aromatic heterocycles. The van der Waals surface area contributed by atoms with Gasteiger partial charge in [0.2, 0.25) is 5.91 Å². The first-order chi connectivity index (χ1) is 14.5. The third-order valence-electron chi connectivity index (χ3n) is 4.45. The van der Waals surface area contributed by atoms with Gasteiger partial charge >= 0.3 is 0 Å². The molecule has 0 saturated heterocycles. The Bertz CT molecular complexity index is 891. The Morgan fingerprint density at radius 2 is 1.61 bits per heavy atom. The molecule has 0 spiro atoms. The summed E-state index contributed by atoms with van der Waals surface area (Å²) in [6.07, 6.45) is 0.413. The van der Waals surface area contributed by atoms with E-state index in [-0.39, 0.29) is 25.0 Å². The van der Waals surface area contributed by atoms with Crippen LogP contribution in [0.15, 0.2) is 42.5 Å². The molecule has 0 aliphatic heterocycles. The van der Waals surface area contributed by atoms with Crippen molar-refractivity contribution in [1.29, 1.82) is 0 Å². The maximum atomic E-state index is 13.2. The van der Waals surface area contributed by atoms with E-state index in [9.17, 15) is 9.59 Å². The molecule has 0 radical (unpaired) electrons. The molecular formula is C23H27Cl3N2O3. The number of ether oxygens (including phenoxy) is 1. The molecule has 1 atom stereocenters. The highest BCUT2D eigenvalue weighted by molar-refractivity contribution is 6.36. The van der Waals surface area contributed by atoms with Crippen LogP contribution in [0.2, 0.25) is 15.1 Å². The fourth-order valence-corrected chi connectivity index (χ4v) is 3.63. The molecule has 2 aromatic rings. The molecule has 0 heterocycles. The van der Waals surface area contributed by atoms with Gasteiger partial charge in [-0.05, 0) is 63.6 Å². The Morgan fingerprint density at radius 1 is 1.03 bits per heavy atom. The van der Waals surface area contributed by atoms with E-state index in [1.54, 1.807) is 42.5 Å². The second kappa shape index (κ2) is 11.1. The highest BCUT2D eigenvalue weighted by Crippen LogP contribution is 2.27. The fraction of sp³-hybridized carbons (Fsp3) is 0.391. The molecule has 2 aromatic carbocycles. The molecule has 0 aliphatic carbocycles. The molecule has 1 unspecified atom stereocenters. The topological polar surface area (TPSA) is 58.6 Å². The summed E-state index contributed by atoms with van der Waals surface area (Å²) in [5.74, 6) is -0.111. The Kier molecular flexibility index (Phi) is 9.04. The Balaban J connectivity index is 2.29. The average Bonchev–Trinajstić information content (AvgIpc) is 2.68. The van der Waals surface area contributed by atoms with Crippen molar-refractivity contribution in [1.82, 2.24) is 10.2 Å². The van der Waals surface area contributed by atoms with Gasteiger partial charge in [-0.25, -0.2) is 0 Å². The minimum Gasteiger partial charge on any atom is -0.484 e. The van der Waals surface area contributed by atoms with Crippen LogP contribution in [0.25, 0.3) is 0 Å². The lowest BCUT2D eigenvalue weighted by Crippen LogP contribution is -2.54. The van der Waals surface area contributed by atoms with E-state index >= 15 is 0 Å². The first kappa shape index (κ1) is 25.3. The van der Waals surface area contributed by atoms with Crippen LogP contribution < -0.4 is 10.1 Å². The fourth-order valence-electron chi connectivity index (χ4n) is 2.98. The normalized spacial score (nSPS) is 12.2. The second-order valence-corrected chi connectivity index (χ2v) is 9.38. The second-order valence-electron chi connectivity index (χ2n) is 8.13. The molecule has 2 amide bonds. The highest BCUT2D eigenvalue weighted by atomic mass is 35.5. The van der Waals surface area contributed by atoms with Crippen LogP contribution in [-0.4, -0.2) is 34.9 Å². The zero-order valence-electron chi connectivity index (χ0n) is 18.0. The predicted octanol–water partition coefficient (Wildman–Crippen LogP) is 5.75. The van der Waals surface area contributed by atoms with E-state index in [1.165, 1.54) is 4.90 Å². The summed E-state index contributed by atoms with van der Waals surface area (Å²) < 4.78 is 5.63. The van der Waals surface area contributed by atoms with Gasteiger partial charge in [-0.1, -0.05) is 47.8 Å². The lowest BCUT2D eigenvalue weighted by molar-refractivity contribution is -0.143. The third-order valence-corrected chi connectivity index (χ3v) is 5.41. The number of carbonyl (C=O) groups is 2. The first-order valence-corrected chi connectivity index (χ1v) is 11.1. The van der Waals surface area contributed by atoms with Crippen molar-refractivity contribution in [3.05, 3.63) is 63.1 Å².